The number of hydrogen-bond donors (Lipinski definition) is 1. The van der Waals surface area contributed by atoms with Gasteiger partial charge in [-0.25, -0.2) is 0 Å². The van der Waals surface area contributed by atoms with Gasteiger partial charge in [-0.3, -0.25) is 0 Å². The van der Waals surface area contributed by atoms with Gasteiger partial charge in [0.15, 0.2) is 0 Å². The predicted molar refractivity (Wildman–Crippen MR) is 60.3 cm³/mol. The van der Waals surface area contributed by atoms with Gasteiger partial charge in [0.25, 0.3) is 0 Å². The fourth-order valence-corrected chi connectivity index (χ4v) is 0.894. The number of anilines is 1. The Labute approximate surface area is 94.5 Å². The number of ether oxygens (including phenoxy) is 2. The van der Waals surface area contributed by atoms with Gasteiger partial charge in [-0.1, -0.05) is 19.1 Å². The number of nitrogens with two attached hydrogens (primary N) is 1. The van der Waals surface area contributed by atoms with Gasteiger partial charge in [0.1, 0.15) is 6.61 Å². The maximum Gasteiger partial charge on any atom is 0.324 e. The predicted octanol–water partition coefficient (Wildman–Crippen LogP) is 1.20. The molecule has 1 rings (SSSR count). The molecule has 2 N–H and O–H groups in total. The first-order valence-corrected chi connectivity index (χ1v) is 5.14. The Balaban J connectivity index is 2.65. The molecule has 0 aliphatic heterocycles. The zero-order chi connectivity index (χ0) is 11.8. The summed E-state index contributed by atoms with van der Waals surface area (Å²) in [5, 5.41) is 0. The zero-order valence-corrected chi connectivity index (χ0v) is 9.51. The SMILES string of the molecule is C/C=C/COc1nc(N)nc(OCCC)n1. The van der Waals surface area contributed by atoms with Gasteiger partial charge in [0.2, 0.25) is 5.95 Å². The van der Waals surface area contributed by atoms with E-state index in [1.807, 2.05) is 26.0 Å². The first-order chi connectivity index (χ1) is 7.76. The van der Waals surface area contributed by atoms with Crippen LogP contribution in [0.25, 0.3) is 0 Å². The maximum atomic E-state index is 5.50. The van der Waals surface area contributed by atoms with E-state index >= 15 is 0 Å². The highest BCUT2D eigenvalue weighted by Crippen LogP contribution is 2.10. The van der Waals surface area contributed by atoms with Crippen LogP contribution >= 0.6 is 0 Å². The van der Waals surface area contributed by atoms with E-state index < -0.39 is 0 Å². The molecule has 1 heterocycles. The van der Waals surface area contributed by atoms with Crippen molar-refractivity contribution in [1.29, 1.82) is 0 Å². The van der Waals surface area contributed by atoms with Crippen molar-refractivity contribution in [1.82, 2.24) is 15.0 Å². The summed E-state index contributed by atoms with van der Waals surface area (Å²) in [6.45, 7) is 4.83. The molecule has 0 fully saturated rings. The molecule has 0 atom stereocenters. The van der Waals surface area contributed by atoms with Crippen molar-refractivity contribution in [3.63, 3.8) is 0 Å². The number of rotatable bonds is 6. The molecule has 0 radical (unpaired) electrons. The van der Waals surface area contributed by atoms with Gasteiger partial charge in [0, 0.05) is 0 Å². The summed E-state index contributed by atoms with van der Waals surface area (Å²) in [5.41, 5.74) is 5.50. The fourth-order valence-electron chi connectivity index (χ4n) is 0.894. The number of nitrogen functional groups attached to an aromatic ring is 1. The van der Waals surface area contributed by atoms with Crippen molar-refractivity contribution < 1.29 is 9.47 Å². The minimum absolute atomic E-state index is 0.0941. The number of nitrogens with zero attached hydrogens (tertiary/aromatic N) is 3. The maximum absolute atomic E-state index is 5.50. The normalized spacial score (nSPS) is 10.6. The first kappa shape index (κ1) is 12.2. The second kappa shape index (κ2) is 6.60. The quantitative estimate of drug-likeness (QED) is 0.731. The molecule has 6 heteroatoms. The van der Waals surface area contributed by atoms with Crippen LogP contribution in [-0.4, -0.2) is 28.2 Å². The lowest BCUT2D eigenvalue weighted by molar-refractivity contribution is 0.275. The molecule has 0 spiro atoms. The van der Waals surface area contributed by atoms with Crippen LogP contribution < -0.4 is 15.2 Å². The third-order valence-corrected chi connectivity index (χ3v) is 1.59. The Bertz CT molecular complexity index is 355. The van der Waals surface area contributed by atoms with Gasteiger partial charge in [-0.15, -0.1) is 4.98 Å². The van der Waals surface area contributed by atoms with E-state index in [0.717, 1.165) is 6.42 Å². The molecule has 0 aliphatic rings. The van der Waals surface area contributed by atoms with Crippen LogP contribution in [0.1, 0.15) is 20.3 Å². The first-order valence-electron chi connectivity index (χ1n) is 5.14. The van der Waals surface area contributed by atoms with Crippen molar-refractivity contribution in [2.45, 2.75) is 20.3 Å². The molecule has 0 bridgehead atoms. The zero-order valence-electron chi connectivity index (χ0n) is 9.51. The highest BCUT2D eigenvalue weighted by Gasteiger charge is 2.05. The van der Waals surface area contributed by atoms with Gasteiger partial charge in [0.05, 0.1) is 6.61 Å². The molecule has 0 amide bonds. The van der Waals surface area contributed by atoms with Crippen molar-refractivity contribution in [2.75, 3.05) is 18.9 Å². The topological polar surface area (TPSA) is 83.2 Å². The second-order valence-corrected chi connectivity index (χ2v) is 2.99. The van der Waals surface area contributed by atoms with Crippen LogP contribution in [0, 0.1) is 0 Å². The summed E-state index contributed by atoms with van der Waals surface area (Å²) in [5.74, 6) is 0.0941. The Hall–Kier alpha value is -1.85. The van der Waals surface area contributed by atoms with Gasteiger partial charge in [-0.05, 0) is 13.3 Å². The third kappa shape index (κ3) is 4.12. The minimum Gasteiger partial charge on any atom is -0.463 e. The van der Waals surface area contributed by atoms with Crippen LogP contribution in [0.5, 0.6) is 12.0 Å². The van der Waals surface area contributed by atoms with E-state index in [-0.39, 0.29) is 18.0 Å². The van der Waals surface area contributed by atoms with Crippen LogP contribution in [0.2, 0.25) is 0 Å². The molecule has 6 nitrogen and oxygen atoms in total. The Morgan fingerprint density at radius 3 is 2.50 bits per heavy atom. The highest BCUT2D eigenvalue weighted by atomic mass is 16.5. The summed E-state index contributed by atoms with van der Waals surface area (Å²) in [6.07, 6.45) is 4.59. The largest absolute Gasteiger partial charge is 0.463 e. The number of aromatic nitrogens is 3. The summed E-state index contributed by atoms with van der Waals surface area (Å²) >= 11 is 0. The van der Waals surface area contributed by atoms with Gasteiger partial charge >= 0.3 is 12.0 Å². The van der Waals surface area contributed by atoms with Gasteiger partial charge in [-0.2, -0.15) is 9.97 Å². The minimum atomic E-state index is 0.0941. The molecule has 88 valence electrons. The molecular weight excluding hydrogens is 208 g/mol. The fraction of sp³-hybridized carbons (Fsp3) is 0.500. The van der Waals surface area contributed by atoms with Crippen LogP contribution in [0.3, 0.4) is 0 Å². The van der Waals surface area contributed by atoms with E-state index in [0.29, 0.717) is 13.2 Å². The molecule has 1 aromatic rings. The molecule has 0 saturated carbocycles. The van der Waals surface area contributed by atoms with Crippen LogP contribution in [-0.2, 0) is 0 Å². The summed E-state index contributed by atoms with van der Waals surface area (Å²) in [7, 11) is 0. The van der Waals surface area contributed by atoms with Crippen molar-refractivity contribution in [2.24, 2.45) is 0 Å². The lowest BCUT2D eigenvalue weighted by Crippen LogP contribution is -2.07. The molecule has 0 aromatic carbocycles. The van der Waals surface area contributed by atoms with Crippen molar-refractivity contribution in [3.05, 3.63) is 12.2 Å². The second-order valence-electron chi connectivity index (χ2n) is 2.99. The third-order valence-electron chi connectivity index (χ3n) is 1.59. The Morgan fingerprint density at radius 2 is 1.88 bits per heavy atom. The van der Waals surface area contributed by atoms with Crippen molar-refractivity contribution >= 4 is 5.95 Å². The van der Waals surface area contributed by atoms with E-state index in [2.05, 4.69) is 15.0 Å². The van der Waals surface area contributed by atoms with Crippen LogP contribution in [0.15, 0.2) is 12.2 Å². The summed E-state index contributed by atoms with van der Waals surface area (Å²) in [4.78, 5) is 11.6. The summed E-state index contributed by atoms with van der Waals surface area (Å²) < 4.78 is 10.5. The lowest BCUT2D eigenvalue weighted by atomic mass is 10.5. The molecule has 0 saturated heterocycles. The monoisotopic (exact) mass is 224 g/mol. The molecule has 16 heavy (non-hydrogen) atoms. The smallest absolute Gasteiger partial charge is 0.324 e. The molecule has 1 aromatic heterocycles. The van der Waals surface area contributed by atoms with E-state index in [9.17, 15) is 0 Å². The van der Waals surface area contributed by atoms with Gasteiger partial charge < -0.3 is 15.2 Å². The van der Waals surface area contributed by atoms with E-state index in [1.54, 1.807) is 0 Å². The number of hydrogen-bond acceptors (Lipinski definition) is 6. The Kier molecular flexibility index (Phi) is 5.04. The Morgan fingerprint density at radius 1 is 1.19 bits per heavy atom. The van der Waals surface area contributed by atoms with E-state index in [4.69, 9.17) is 15.2 Å². The van der Waals surface area contributed by atoms with Crippen molar-refractivity contribution in [3.8, 4) is 12.0 Å². The average Bonchev–Trinajstić information content (AvgIpc) is 2.26. The molecular formula is C10H16N4O2. The van der Waals surface area contributed by atoms with Crippen LogP contribution in [0.4, 0.5) is 5.95 Å². The standard InChI is InChI=1S/C10H16N4O2/c1-3-5-7-16-10-13-8(11)12-9(14-10)15-6-4-2/h3,5H,4,6-7H2,1-2H3,(H2,11,12,13,14)/b5-3+. The summed E-state index contributed by atoms with van der Waals surface area (Å²) in [6, 6.07) is 0.376. The molecule has 0 aliphatic carbocycles. The number of allylic oxidation sites excluding steroid dienone is 1. The average molecular weight is 224 g/mol. The highest BCUT2D eigenvalue weighted by molar-refractivity contribution is 5.20. The molecule has 0 unspecified atom stereocenters. The van der Waals surface area contributed by atoms with E-state index in [1.165, 1.54) is 0 Å². The lowest BCUT2D eigenvalue weighted by Gasteiger charge is -2.05.